The molecule has 1 aliphatic rings. The van der Waals surface area contributed by atoms with Gasteiger partial charge in [-0.25, -0.2) is 11.4 Å². The van der Waals surface area contributed by atoms with E-state index in [1.807, 2.05) is 0 Å². The lowest BCUT2D eigenvalue weighted by atomic mass is 9.96. The molecule has 94 valence electrons. The van der Waals surface area contributed by atoms with Crippen molar-refractivity contribution in [1.29, 1.82) is 0 Å². The van der Waals surface area contributed by atoms with Crippen LogP contribution in [0.1, 0.15) is 34.3 Å². The van der Waals surface area contributed by atoms with Crippen LogP contribution in [-0.2, 0) is 11.7 Å². The molecule has 0 heterocycles. The van der Waals surface area contributed by atoms with Crippen LogP contribution in [0.15, 0.2) is 18.2 Å². The van der Waals surface area contributed by atoms with Gasteiger partial charge in [0.05, 0.1) is 16.7 Å². The Balaban J connectivity index is 2.61. The number of carbonyl (C=O) groups is 1. The summed E-state index contributed by atoms with van der Waals surface area (Å²) in [7, 11) is 0. The van der Waals surface area contributed by atoms with Gasteiger partial charge in [0.25, 0.3) is 5.54 Å². The fraction of sp³-hybridized carbons (Fsp3) is 0.333. The van der Waals surface area contributed by atoms with Crippen molar-refractivity contribution in [3.05, 3.63) is 46.3 Å². The lowest BCUT2D eigenvalue weighted by Crippen LogP contribution is -2.13. The number of benzene rings is 1. The predicted molar refractivity (Wildman–Crippen MR) is 55.9 cm³/mol. The van der Waals surface area contributed by atoms with Gasteiger partial charge in [-0.15, -0.1) is 0 Å². The summed E-state index contributed by atoms with van der Waals surface area (Å²) in [6.07, 6.45) is -3.74. The molecule has 0 atom stereocenters. The minimum Gasteiger partial charge on any atom is -0.478 e. The molecule has 1 aromatic rings. The zero-order valence-electron chi connectivity index (χ0n) is 9.08. The molecule has 0 amide bonds. The zero-order valence-corrected chi connectivity index (χ0v) is 9.08. The maximum Gasteiger partial charge on any atom is 0.416 e. The Hall–Kier alpha value is -2.03. The normalized spacial score (nSPS) is 17.0. The number of carboxylic acids is 1. The summed E-state index contributed by atoms with van der Waals surface area (Å²) < 4.78 is 37.8. The van der Waals surface area contributed by atoms with E-state index in [0.29, 0.717) is 12.8 Å². The molecule has 0 radical (unpaired) electrons. The topological polar surface area (TPSA) is 41.7 Å². The third-order valence-corrected chi connectivity index (χ3v) is 3.02. The van der Waals surface area contributed by atoms with Gasteiger partial charge in [-0.05, 0) is 18.2 Å². The van der Waals surface area contributed by atoms with Gasteiger partial charge in [0.1, 0.15) is 0 Å². The Morgan fingerprint density at radius 3 is 2.39 bits per heavy atom. The van der Waals surface area contributed by atoms with Crippen LogP contribution in [0.5, 0.6) is 0 Å². The Morgan fingerprint density at radius 1 is 1.39 bits per heavy atom. The first-order chi connectivity index (χ1) is 8.30. The van der Waals surface area contributed by atoms with Crippen LogP contribution in [-0.4, -0.2) is 11.1 Å². The molecular formula is C12H8F3NO2. The van der Waals surface area contributed by atoms with E-state index in [0.717, 1.165) is 18.2 Å². The van der Waals surface area contributed by atoms with Gasteiger partial charge in [0.2, 0.25) is 0 Å². The van der Waals surface area contributed by atoms with Gasteiger partial charge in [0.15, 0.2) is 0 Å². The molecule has 1 N–H and O–H groups in total. The third-order valence-electron chi connectivity index (χ3n) is 3.02. The summed E-state index contributed by atoms with van der Waals surface area (Å²) in [6.45, 7) is 7.02. The summed E-state index contributed by atoms with van der Waals surface area (Å²) in [5.74, 6) is -1.31. The van der Waals surface area contributed by atoms with Crippen LogP contribution in [0.2, 0.25) is 0 Å². The van der Waals surface area contributed by atoms with Crippen LogP contribution in [0.25, 0.3) is 4.85 Å². The molecule has 0 saturated heterocycles. The van der Waals surface area contributed by atoms with Crippen molar-refractivity contribution in [1.82, 2.24) is 0 Å². The maximum atomic E-state index is 12.6. The van der Waals surface area contributed by atoms with Crippen molar-refractivity contribution < 1.29 is 23.1 Å². The van der Waals surface area contributed by atoms with Gasteiger partial charge in [0, 0.05) is 12.8 Å². The van der Waals surface area contributed by atoms with E-state index in [1.54, 1.807) is 0 Å². The first-order valence-corrected chi connectivity index (χ1v) is 5.14. The summed E-state index contributed by atoms with van der Waals surface area (Å²) in [6, 6.07) is 2.44. The molecule has 1 aromatic carbocycles. The van der Waals surface area contributed by atoms with E-state index in [4.69, 9.17) is 11.7 Å². The van der Waals surface area contributed by atoms with E-state index in [1.165, 1.54) is 0 Å². The first-order valence-electron chi connectivity index (χ1n) is 5.14. The molecule has 6 heteroatoms. The summed E-state index contributed by atoms with van der Waals surface area (Å²) in [5, 5.41) is 8.96. The van der Waals surface area contributed by atoms with E-state index < -0.39 is 23.2 Å². The lowest BCUT2D eigenvalue weighted by Gasteiger charge is -2.12. The van der Waals surface area contributed by atoms with Crippen molar-refractivity contribution in [2.45, 2.75) is 24.6 Å². The molecule has 1 fully saturated rings. The van der Waals surface area contributed by atoms with Crippen LogP contribution < -0.4 is 0 Å². The highest BCUT2D eigenvalue weighted by Crippen LogP contribution is 2.51. The number of alkyl halides is 3. The van der Waals surface area contributed by atoms with Crippen molar-refractivity contribution in [2.24, 2.45) is 0 Å². The maximum absolute atomic E-state index is 12.6. The van der Waals surface area contributed by atoms with Gasteiger partial charge < -0.3 is 9.95 Å². The van der Waals surface area contributed by atoms with Crippen LogP contribution in [0.3, 0.4) is 0 Å². The van der Waals surface area contributed by atoms with E-state index >= 15 is 0 Å². The molecule has 1 saturated carbocycles. The molecule has 0 aromatic heterocycles. The van der Waals surface area contributed by atoms with E-state index in [2.05, 4.69) is 4.85 Å². The van der Waals surface area contributed by atoms with E-state index in [-0.39, 0.29) is 11.1 Å². The van der Waals surface area contributed by atoms with Crippen molar-refractivity contribution in [2.75, 3.05) is 0 Å². The second-order valence-electron chi connectivity index (χ2n) is 4.21. The fourth-order valence-electron chi connectivity index (χ4n) is 1.85. The molecule has 0 unspecified atom stereocenters. The van der Waals surface area contributed by atoms with Crippen LogP contribution in [0, 0.1) is 6.57 Å². The van der Waals surface area contributed by atoms with Gasteiger partial charge in [-0.1, -0.05) is 0 Å². The SMILES string of the molecule is [C-]#[N+]C1(c2cc(C(F)(F)F)ccc2C(=O)O)CC1. The molecule has 0 spiro atoms. The molecule has 0 aliphatic heterocycles. The van der Waals surface area contributed by atoms with Crippen molar-refractivity contribution in [3.8, 4) is 0 Å². The van der Waals surface area contributed by atoms with Crippen molar-refractivity contribution >= 4 is 5.97 Å². The Kier molecular flexibility index (Phi) is 2.58. The van der Waals surface area contributed by atoms with Gasteiger partial charge in [-0.3, -0.25) is 0 Å². The largest absolute Gasteiger partial charge is 0.478 e. The fourth-order valence-corrected chi connectivity index (χ4v) is 1.85. The van der Waals surface area contributed by atoms with Crippen LogP contribution in [0.4, 0.5) is 13.2 Å². The van der Waals surface area contributed by atoms with Crippen LogP contribution >= 0.6 is 0 Å². The minimum atomic E-state index is -4.54. The predicted octanol–water partition coefficient (Wildman–Crippen LogP) is 3.31. The van der Waals surface area contributed by atoms with Gasteiger partial charge >= 0.3 is 12.1 Å². The molecule has 1 aliphatic carbocycles. The first kappa shape index (κ1) is 12.4. The average Bonchev–Trinajstić information content (AvgIpc) is 3.07. The quantitative estimate of drug-likeness (QED) is 0.824. The number of halogens is 3. The number of hydrogen-bond donors (Lipinski definition) is 1. The Bertz CT molecular complexity index is 553. The van der Waals surface area contributed by atoms with Gasteiger partial charge in [-0.2, -0.15) is 13.2 Å². The molecular weight excluding hydrogens is 247 g/mol. The standard InChI is InChI=1S/C12H8F3NO2/c1-16-11(4-5-11)9-6-7(12(13,14)15)2-3-8(9)10(17)18/h2-3,6H,4-5H2,(H,17,18). The minimum absolute atomic E-state index is 0.0279. The molecule has 0 bridgehead atoms. The molecule has 3 nitrogen and oxygen atoms in total. The van der Waals surface area contributed by atoms with Crippen molar-refractivity contribution in [3.63, 3.8) is 0 Å². The second kappa shape index (κ2) is 3.73. The number of nitrogens with zero attached hydrogens (tertiary/aromatic N) is 1. The zero-order chi connectivity index (χ0) is 13.6. The highest BCUT2D eigenvalue weighted by Gasteiger charge is 2.55. The average molecular weight is 255 g/mol. The summed E-state index contributed by atoms with van der Waals surface area (Å²) in [4.78, 5) is 14.3. The Morgan fingerprint density at radius 2 is 2.00 bits per heavy atom. The number of hydrogen-bond acceptors (Lipinski definition) is 1. The number of carboxylic acid groups (broad SMARTS) is 1. The smallest absolute Gasteiger partial charge is 0.416 e. The summed E-state index contributed by atoms with van der Waals surface area (Å²) in [5.41, 5.74) is -2.25. The second-order valence-corrected chi connectivity index (χ2v) is 4.21. The summed E-state index contributed by atoms with van der Waals surface area (Å²) >= 11 is 0. The number of aromatic carboxylic acids is 1. The Labute approximate surface area is 101 Å². The highest BCUT2D eigenvalue weighted by molar-refractivity contribution is 5.90. The molecule has 18 heavy (non-hydrogen) atoms. The molecule has 2 rings (SSSR count). The third kappa shape index (κ3) is 1.92. The number of rotatable bonds is 2. The lowest BCUT2D eigenvalue weighted by molar-refractivity contribution is -0.137. The highest BCUT2D eigenvalue weighted by atomic mass is 19.4. The van der Waals surface area contributed by atoms with E-state index in [9.17, 15) is 18.0 Å². The monoisotopic (exact) mass is 255 g/mol.